The maximum atomic E-state index is 17.5. The summed E-state index contributed by atoms with van der Waals surface area (Å²) in [7, 11) is 1.79. The number of rotatable bonds is 18. The zero-order valence-electron chi connectivity index (χ0n) is 47.4. The summed E-state index contributed by atoms with van der Waals surface area (Å²) in [6, 6.07) is 11.3. The van der Waals surface area contributed by atoms with Crippen molar-refractivity contribution in [3.8, 4) is 33.6 Å². The molecule has 3 aromatic heterocycles. The van der Waals surface area contributed by atoms with Gasteiger partial charge in [-0.05, 0) is 74.8 Å². The summed E-state index contributed by atoms with van der Waals surface area (Å²) < 4.78 is 74.8. The Hall–Kier alpha value is -6.68. The average molecular weight is 1190 g/mol. The number of amides is 3. The van der Waals surface area contributed by atoms with Crippen molar-refractivity contribution >= 4 is 74.0 Å². The summed E-state index contributed by atoms with van der Waals surface area (Å²) >= 11 is 8.58. The Labute approximate surface area is 487 Å². The van der Waals surface area contributed by atoms with Crippen LogP contribution in [0.4, 0.5) is 29.1 Å². The first-order valence-corrected chi connectivity index (χ1v) is 29.3. The molecule has 83 heavy (non-hydrogen) atoms. The number of ether oxygens (including phenoxy) is 2. The topological polar surface area (TPSA) is 229 Å². The Balaban J connectivity index is 0.769. The van der Waals surface area contributed by atoms with Gasteiger partial charge in [-0.2, -0.15) is 28.4 Å². The van der Waals surface area contributed by atoms with Crippen LogP contribution < -0.4 is 31.3 Å². The molecular formula is C59H69ClF4N12O6S. The maximum Gasteiger partial charge on any atom is 0.394 e. The lowest BCUT2D eigenvalue weighted by Crippen LogP contribution is -2.63. The molecule has 442 valence electrons. The SMILES string of the molecule is Cc1ncsc1-c1ccc([C@H](C)NC(=O)[C@@H]2C[C@@H](O)CN2C(=O)[C@@H](NC(=O)CCOCCCN2C[C@@H](C(F)(F)F)[C@H]2COc2nc(N3CC4CCC(C3)N4)c3cc(Cl)c(-c4c(C)n(C)c5ccc(N)c(C#N)c45)c(F)c3n2)C(C)(C)C)cc1. The molecule has 4 fully saturated rings. The third kappa shape index (κ3) is 12.0. The number of hydrogen-bond donors (Lipinski definition) is 5. The van der Waals surface area contributed by atoms with E-state index in [1.165, 1.54) is 4.90 Å². The normalized spacial score (nSPS) is 21.7. The summed E-state index contributed by atoms with van der Waals surface area (Å²) in [5, 5.41) is 31.1. The van der Waals surface area contributed by atoms with Gasteiger partial charge in [-0.1, -0.05) is 56.6 Å². The largest absolute Gasteiger partial charge is 0.462 e. The number of alkyl halides is 3. The van der Waals surface area contributed by atoms with Gasteiger partial charge in [-0.25, -0.2) is 9.37 Å². The molecule has 2 unspecified atom stereocenters. The van der Waals surface area contributed by atoms with Crippen LogP contribution in [0.1, 0.15) is 88.4 Å². The fourth-order valence-corrected chi connectivity index (χ4v) is 13.3. The number of nitrogens with two attached hydrogens (primary N) is 1. The number of benzene rings is 3. The highest BCUT2D eigenvalue weighted by Gasteiger charge is 2.54. The first-order chi connectivity index (χ1) is 39.4. The number of aromatic nitrogens is 4. The third-order valence-corrected chi connectivity index (χ3v) is 18.1. The van der Waals surface area contributed by atoms with Gasteiger partial charge in [-0.3, -0.25) is 19.3 Å². The van der Waals surface area contributed by atoms with Gasteiger partial charge in [0, 0.05) is 98.9 Å². The van der Waals surface area contributed by atoms with Gasteiger partial charge in [0.15, 0.2) is 5.82 Å². The van der Waals surface area contributed by atoms with Crippen LogP contribution in [0, 0.1) is 42.3 Å². The molecule has 6 aromatic rings. The number of fused-ring (bicyclic) bond motifs is 4. The number of nitriles is 1. The highest BCUT2D eigenvalue weighted by atomic mass is 35.5. The summed E-state index contributed by atoms with van der Waals surface area (Å²) in [6.07, 6.45) is -3.43. The van der Waals surface area contributed by atoms with Crippen LogP contribution in [0.15, 0.2) is 48.0 Å². The highest BCUT2D eigenvalue weighted by molar-refractivity contribution is 7.13. The fraction of sp³-hybridized carbons (Fsp3) is 0.508. The smallest absolute Gasteiger partial charge is 0.394 e. The van der Waals surface area contributed by atoms with Crippen LogP contribution in [-0.2, 0) is 26.2 Å². The Bertz CT molecular complexity index is 3480. The van der Waals surface area contributed by atoms with E-state index in [9.17, 15) is 37.9 Å². The van der Waals surface area contributed by atoms with E-state index in [-0.39, 0.29) is 91.1 Å². The number of nitrogens with one attached hydrogen (secondary N) is 3. The number of anilines is 2. The zero-order chi connectivity index (χ0) is 59.4. The van der Waals surface area contributed by atoms with Crippen LogP contribution in [0.5, 0.6) is 6.01 Å². The van der Waals surface area contributed by atoms with Crippen LogP contribution in [-0.4, -0.2) is 147 Å². The van der Waals surface area contributed by atoms with E-state index in [1.807, 2.05) is 47.6 Å². The molecule has 3 amide bonds. The Morgan fingerprint density at radius 2 is 1.73 bits per heavy atom. The standard InChI is InChI=1S/C59H69ClF4N12O6S/c1-30(33-9-11-34(12-10-33)52-31(2)67-29-83-52)68-55(79)44-21-37(77)26-76(44)56(80)53(58(4,5)6)70-46(78)17-20-81-19-8-18-74-27-40(59(62,63)64)45(74)28-82-57-71-51-38(54(72-57)75-24-35-13-14-36(25-75)69-35)22-41(60)49(50(51)61)47-32(3)73(7)43-16-15-42(66)39(23-65)48(43)47/h9-12,15-16,22,29-30,35-37,40,44-45,53,69,77H,8,13-14,17-21,24-28,66H2,1-7H3,(H,68,79)(H,70,78)/t30-,35?,36?,37+,40+,44-,45+,53+/m0/s1. The number of aryl methyl sites for hydroxylation is 2. The lowest BCUT2D eigenvalue weighted by molar-refractivity contribution is -0.234. The minimum absolute atomic E-state index is 0.0166. The molecule has 10 rings (SSSR count). The second kappa shape index (κ2) is 23.8. The zero-order valence-corrected chi connectivity index (χ0v) is 48.9. The molecule has 2 bridgehead atoms. The van der Waals surface area contributed by atoms with E-state index in [0.717, 1.165) is 34.5 Å². The number of carbonyl (C=O) groups is 3. The number of aliphatic hydroxyl groups excluding tert-OH is 1. The molecule has 7 heterocycles. The molecular weight excluding hydrogens is 1120 g/mol. The van der Waals surface area contributed by atoms with E-state index < -0.39 is 77.9 Å². The van der Waals surface area contributed by atoms with Crippen LogP contribution in [0.2, 0.25) is 5.02 Å². The summed E-state index contributed by atoms with van der Waals surface area (Å²) in [5.41, 5.74) is 11.9. The Kier molecular flexibility index (Phi) is 17.0. The summed E-state index contributed by atoms with van der Waals surface area (Å²) in [4.78, 5) is 61.1. The number of thiazole rings is 1. The second-order valence-electron chi connectivity index (χ2n) is 23.5. The number of hydrogen-bond acceptors (Lipinski definition) is 15. The van der Waals surface area contributed by atoms with E-state index in [1.54, 1.807) is 74.7 Å². The number of halogens is 5. The minimum atomic E-state index is -4.55. The third-order valence-electron chi connectivity index (χ3n) is 16.8. The highest BCUT2D eigenvalue weighted by Crippen LogP contribution is 2.46. The van der Waals surface area contributed by atoms with Crippen molar-refractivity contribution in [2.45, 2.75) is 122 Å². The fourth-order valence-electron chi connectivity index (χ4n) is 12.2. The predicted molar refractivity (Wildman–Crippen MR) is 309 cm³/mol. The van der Waals surface area contributed by atoms with Gasteiger partial charge < -0.3 is 50.6 Å². The van der Waals surface area contributed by atoms with Crippen molar-refractivity contribution < 1.29 is 46.5 Å². The number of carbonyl (C=O) groups excluding carboxylic acids is 3. The van der Waals surface area contributed by atoms with Crippen molar-refractivity contribution in [2.75, 3.05) is 63.2 Å². The quantitative estimate of drug-likeness (QED) is 0.0311. The average Bonchev–Trinajstić information content (AvgIpc) is 1.86. The summed E-state index contributed by atoms with van der Waals surface area (Å²) in [5.74, 6) is -3.63. The molecule has 0 spiro atoms. The predicted octanol–water partition coefficient (Wildman–Crippen LogP) is 8.12. The molecule has 8 atom stereocenters. The van der Waals surface area contributed by atoms with Crippen molar-refractivity contribution in [3.63, 3.8) is 0 Å². The molecule has 24 heteroatoms. The summed E-state index contributed by atoms with van der Waals surface area (Å²) in [6.45, 7) is 11.4. The van der Waals surface area contributed by atoms with Gasteiger partial charge >= 0.3 is 12.2 Å². The van der Waals surface area contributed by atoms with Gasteiger partial charge in [-0.15, -0.1) is 11.3 Å². The van der Waals surface area contributed by atoms with Gasteiger partial charge in [0.2, 0.25) is 17.7 Å². The Morgan fingerprint density at radius 1 is 1.01 bits per heavy atom. The van der Waals surface area contributed by atoms with E-state index >= 15 is 4.39 Å². The molecule has 0 saturated carbocycles. The maximum absolute atomic E-state index is 17.5. The number of nitrogen functional groups attached to an aromatic ring is 1. The number of nitrogens with zero attached hydrogens (tertiary/aromatic N) is 8. The van der Waals surface area contributed by atoms with Crippen molar-refractivity contribution in [1.82, 2.24) is 45.3 Å². The molecule has 6 N–H and O–H groups in total. The van der Waals surface area contributed by atoms with Gasteiger partial charge in [0.05, 0.1) is 68.6 Å². The number of likely N-dealkylation sites (tertiary alicyclic amines) is 2. The number of aliphatic hydroxyl groups is 1. The molecule has 18 nitrogen and oxygen atoms in total. The second-order valence-corrected chi connectivity index (χ2v) is 24.8. The molecule has 4 aliphatic rings. The monoisotopic (exact) mass is 1180 g/mol. The minimum Gasteiger partial charge on any atom is -0.462 e. The molecule has 4 saturated heterocycles. The Morgan fingerprint density at radius 3 is 2.40 bits per heavy atom. The molecule has 0 radical (unpaired) electrons. The molecule has 0 aliphatic carbocycles. The van der Waals surface area contributed by atoms with Crippen LogP contribution >= 0.6 is 22.9 Å². The first-order valence-electron chi connectivity index (χ1n) is 28.0. The molecule has 3 aromatic carbocycles. The van der Waals surface area contributed by atoms with Gasteiger partial charge in [0.1, 0.15) is 36.1 Å². The van der Waals surface area contributed by atoms with Crippen molar-refractivity contribution in [2.24, 2.45) is 18.4 Å². The van der Waals surface area contributed by atoms with Crippen molar-refractivity contribution in [3.05, 3.63) is 81.3 Å². The lowest BCUT2D eigenvalue weighted by Gasteiger charge is -2.48. The lowest BCUT2D eigenvalue weighted by atomic mass is 9.85. The van der Waals surface area contributed by atoms with Crippen molar-refractivity contribution in [1.29, 1.82) is 5.26 Å². The van der Waals surface area contributed by atoms with Crippen LogP contribution in [0.25, 0.3) is 43.4 Å². The van der Waals surface area contributed by atoms with Gasteiger partial charge in [0.25, 0.3) is 0 Å². The van der Waals surface area contributed by atoms with Crippen LogP contribution in [0.3, 0.4) is 0 Å². The number of piperazine rings is 1. The van der Waals surface area contributed by atoms with E-state index in [4.69, 9.17) is 31.8 Å². The van der Waals surface area contributed by atoms with E-state index in [0.29, 0.717) is 52.9 Å². The first kappa shape index (κ1) is 59.5. The number of β-amino-alcohol motifs (C(OH)–C–C–N with tert-alkyl or cyclic N) is 1. The van der Waals surface area contributed by atoms with E-state index in [2.05, 4.69) is 32.0 Å². The molecule has 4 aliphatic heterocycles.